The number of fused-ring (bicyclic) bond motifs is 2. The van der Waals surface area contributed by atoms with Crippen LogP contribution in [0.15, 0.2) is 159 Å². The van der Waals surface area contributed by atoms with Crippen LogP contribution in [0.2, 0.25) is 0 Å². The highest BCUT2D eigenvalue weighted by molar-refractivity contribution is 5.93. The molecule has 2 fully saturated rings. The van der Waals surface area contributed by atoms with E-state index in [1.807, 2.05) is 58.4 Å². The lowest BCUT2D eigenvalue weighted by Gasteiger charge is -2.22. The molecule has 4 N–H and O–H groups in total. The van der Waals surface area contributed by atoms with Gasteiger partial charge in [0.25, 0.3) is 0 Å². The Morgan fingerprint density at radius 2 is 0.930 bits per heavy atom. The minimum atomic E-state index is -1.07. The van der Waals surface area contributed by atoms with E-state index in [2.05, 4.69) is 50.7 Å². The number of nitrogens with zero attached hydrogens (tertiary/aromatic N) is 12. The molecule has 8 aromatic heterocycles. The summed E-state index contributed by atoms with van der Waals surface area (Å²) in [5.74, 6) is -3.28. The number of ether oxygens (including phenoxy) is 4. The Bertz CT molecular complexity index is 4590. The highest BCUT2D eigenvalue weighted by Crippen LogP contribution is 2.32. The molecule has 26 heteroatoms. The molecule has 0 radical (unpaired) electrons. The van der Waals surface area contributed by atoms with Crippen LogP contribution >= 0.6 is 0 Å². The van der Waals surface area contributed by atoms with Gasteiger partial charge >= 0.3 is 11.9 Å². The third-order valence-electron chi connectivity index (χ3n) is 17.7. The fourth-order valence-electron chi connectivity index (χ4n) is 12.4. The van der Waals surface area contributed by atoms with Crippen molar-refractivity contribution in [2.75, 3.05) is 53.6 Å². The van der Waals surface area contributed by atoms with Crippen LogP contribution < -0.4 is 20.1 Å². The molecule has 2 aliphatic rings. The molecule has 14 rings (SSSR count). The minimum absolute atomic E-state index is 0.00765. The Morgan fingerprint density at radius 1 is 0.500 bits per heavy atom. The van der Waals surface area contributed by atoms with E-state index in [0.717, 1.165) is 110 Å². The highest BCUT2D eigenvalue weighted by atomic mass is 19.1. The summed E-state index contributed by atoms with van der Waals surface area (Å²) in [6.45, 7) is 5.69. The number of carboxylic acid groups (broad SMARTS) is 2. The van der Waals surface area contributed by atoms with Gasteiger partial charge in [-0.25, -0.2) is 47.1 Å². The summed E-state index contributed by atoms with van der Waals surface area (Å²) >= 11 is 0. The number of carboxylic acids is 2. The third-order valence-corrected chi connectivity index (χ3v) is 17.7. The molecule has 2 saturated heterocycles. The summed E-state index contributed by atoms with van der Waals surface area (Å²) < 4.78 is 92.1. The molecule has 0 amide bonds. The van der Waals surface area contributed by atoms with Gasteiger partial charge in [-0.05, 0) is 148 Å². The minimum Gasteiger partial charge on any atom is -0.478 e. The van der Waals surface area contributed by atoms with Gasteiger partial charge < -0.3 is 48.9 Å². The number of methoxy groups -OCH3 is 2. The van der Waals surface area contributed by atoms with Crippen molar-refractivity contribution in [3.63, 3.8) is 0 Å². The van der Waals surface area contributed by atoms with Gasteiger partial charge in [-0.2, -0.15) is 10.2 Å². The molecule has 100 heavy (non-hydrogen) atoms. The van der Waals surface area contributed by atoms with E-state index in [9.17, 15) is 19.8 Å². The van der Waals surface area contributed by atoms with Crippen LogP contribution in [0.5, 0.6) is 11.8 Å². The van der Waals surface area contributed by atoms with Gasteiger partial charge in [0.05, 0.1) is 93.7 Å². The molecule has 0 atom stereocenters. The average Bonchev–Trinajstić information content (AvgIpc) is 1.61. The number of carbonyl (C=O) groups is 2. The van der Waals surface area contributed by atoms with E-state index in [1.54, 1.807) is 84.3 Å². The first kappa shape index (κ1) is 67.5. The number of aromatic carboxylic acids is 2. The van der Waals surface area contributed by atoms with Gasteiger partial charge in [0.2, 0.25) is 11.8 Å². The second kappa shape index (κ2) is 30.8. The first-order valence-corrected chi connectivity index (χ1v) is 32.7. The fraction of sp³-hybridized carbons (Fsp3) is 0.270. The van der Waals surface area contributed by atoms with Crippen LogP contribution in [-0.4, -0.2) is 134 Å². The van der Waals surface area contributed by atoms with Gasteiger partial charge in [0.15, 0.2) is 0 Å². The smallest absolute Gasteiger partial charge is 0.335 e. The lowest BCUT2D eigenvalue weighted by molar-refractivity contribution is 0.0686. The Hall–Kier alpha value is -11.1. The van der Waals surface area contributed by atoms with Gasteiger partial charge in [0.1, 0.15) is 48.1 Å². The number of hydrogen-bond donors (Lipinski definition) is 4. The molecule has 12 aromatic rings. The number of nitrogens with one attached hydrogen (secondary N) is 2. The second-order valence-corrected chi connectivity index (χ2v) is 24.3. The van der Waals surface area contributed by atoms with E-state index in [1.165, 1.54) is 24.3 Å². The van der Waals surface area contributed by atoms with E-state index in [-0.39, 0.29) is 82.6 Å². The topological polar surface area (TPSA) is 258 Å². The zero-order chi connectivity index (χ0) is 69.2. The number of rotatable bonds is 24. The van der Waals surface area contributed by atoms with Crippen LogP contribution in [0.3, 0.4) is 0 Å². The summed E-state index contributed by atoms with van der Waals surface area (Å²) in [6, 6.07) is 32.0. The van der Waals surface area contributed by atoms with E-state index in [4.69, 9.17) is 18.9 Å². The molecular formula is C74H70F4N14O8. The predicted molar refractivity (Wildman–Crippen MR) is 364 cm³/mol. The summed E-state index contributed by atoms with van der Waals surface area (Å²) in [5, 5.41) is 34.8. The molecule has 0 unspecified atom stereocenters. The fourth-order valence-corrected chi connectivity index (χ4v) is 12.4. The molecule has 0 aliphatic carbocycles. The Labute approximate surface area is 571 Å². The van der Waals surface area contributed by atoms with Crippen LogP contribution in [0.1, 0.15) is 92.4 Å². The van der Waals surface area contributed by atoms with Crippen molar-refractivity contribution in [3.05, 3.63) is 227 Å². The number of benzene rings is 4. The van der Waals surface area contributed by atoms with Gasteiger partial charge in [-0.3, -0.25) is 19.3 Å². The normalized spacial score (nSPS) is 13.6. The maximum atomic E-state index is 15.6. The maximum absolute atomic E-state index is 15.6. The summed E-state index contributed by atoms with van der Waals surface area (Å²) in [5.41, 5.74) is 8.24. The quantitative estimate of drug-likeness (QED) is 0.0410. The molecule has 2 aliphatic heterocycles. The molecule has 0 bridgehead atoms. The van der Waals surface area contributed by atoms with Crippen LogP contribution in [0, 0.1) is 23.3 Å². The zero-order valence-corrected chi connectivity index (χ0v) is 54.7. The molecule has 0 spiro atoms. The predicted octanol–water partition coefficient (Wildman–Crippen LogP) is 12.1. The van der Waals surface area contributed by atoms with E-state index >= 15 is 17.6 Å². The third kappa shape index (κ3) is 15.6. The molecular weight excluding hydrogens is 1290 g/mol. The lowest BCUT2D eigenvalue weighted by Crippen LogP contribution is -2.29. The Balaban J connectivity index is 0.000000179. The molecule has 4 aromatic carbocycles. The van der Waals surface area contributed by atoms with E-state index < -0.39 is 35.2 Å². The molecule has 10 heterocycles. The maximum Gasteiger partial charge on any atom is 0.335 e. The summed E-state index contributed by atoms with van der Waals surface area (Å²) in [7, 11) is 3.09. The average molecular weight is 1360 g/mol. The molecule has 512 valence electrons. The standard InChI is InChI=1S/2C37H35F2N7O4/c2*1-49-14-13-45-34-16-24(37(47)48)6-8-33(34)43-35(45)17-25-15-30(39)28(18-29(25)38)32-3-2-4-36(44-32)50-22-23-5-7-31(41-19-23)26-20-42-46(21-26)27-9-11-40-12-10-27/h2*2-8,15-16,18-21,27,40H,9-14,17,22H2,1H3,(H,47,48). The number of pyridine rings is 4. The van der Waals surface area contributed by atoms with Crippen molar-refractivity contribution in [2.24, 2.45) is 0 Å². The number of aromatic nitrogens is 12. The largest absolute Gasteiger partial charge is 0.478 e. The monoisotopic (exact) mass is 1360 g/mol. The van der Waals surface area contributed by atoms with Crippen molar-refractivity contribution in [2.45, 2.75) is 76.9 Å². The van der Waals surface area contributed by atoms with Crippen molar-refractivity contribution in [1.82, 2.24) is 69.2 Å². The summed E-state index contributed by atoms with van der Waals surface area (Å²) in [6.07, 6.45) is 15.4. The van der Waals surface area contributed by atoms with Crippen molar-refractivity contribution in [3.8, 4) is 56.8 Å². The number of halogens is 4. The number of imidazole rings is 2. The van der Waals surface area contributed by atoms with E-state index in [0.29, 0.717) is 72.1 Å². The lowest BCUT2D eigenvalue weighted by atomic mass is 10.0. The van der Waals surface area contributed by atoms with Gasteiger partial charge in [-0.1, -0.05) is 24.3 Å². The van der Waals surface area contributed by atoms with Gasteiger partial charge in [-0.15, -0.1) is 0 Å². The van der Waals surface area contributed by atoms with Crippen LogP contribution in [-0.2, 0) is 48.6 Å². The van der Waals surface area contributed by atoms with Crippen LogP contribution in [0.4, 0.5) is 17.6 Å². The molecule has 0 saturated carbocycles. The highest BCUT2D eigenvalue weighted by Gasteiger charge is 2.23. The summed E-state index contributed by atoms with van der Waals surface area (Å²) in [4.78, 5) is 50.4. The Kier molecular flexibility index (Phi) is 20.8. The van der Waals surface area contributed by atoms with Gasteiger partial charge in [0, 0.05) is 110 Å². The zero-order valence-electron chi connectivity index (χ0n) is 54.7. The first-order chi connectivity index (χ1) is 48.7. The Morgan fingerprint density at radius 3 is 1.32 bits per heavy atom. The molecule has 22 nitrogen and oxygen atoms in total. The van der Waals surface area contributed by atoms with Crippen LogP contribution in [0.25, 0.3) is 67.1 Å². The SMILES string of the molecule is COCCn1c(Cc2cc(F)c(-c3cccc(OCc4ccc(-c5cnn(C6CCNCC6)c5)nc4)n3)cc2F)nc2ccc(C(=O)O)cc21.COCCn1c(Cc2cc(F)c(-c3cccc(OCc4ccc(-c5cnn(C6CCNCC6)c5)nc4)n3)cc2F)nc2ccc(C(=O)O)cc21. The van der Waals surface area contributed by atoms with Crippen molar-refractivity contribution in [1.29, 1.82) is 0 Å². The van der Waals surface area contributed by atoms with Crippen molar-refractivity contribution >= 4 is 34.0 Å². The number of piperidine rings is 2. The number of hydrogen-bond acceptors (Lipinski definition) is 16. The first-order valence-electron chi connectivity index (χ1n) is 32.7. The second-order valence-electron chi connectivity index (χ2n) is 24.3. The van der Waals surface area contributed by atoms with Crippen molar-refractivity contribution < 1.29 is 56.3 Å².